The highest BCUT2D eigenvalue weighted by Crippen LogP contribution is 2.19. The molecule has 2 unspecified atom stereocenters. The number of imide groups is 1. The summed E-state index contributed by atoms with van der Waals surface area (Å²) in [6, 6.07) is 0. The Bertz CT molecular complexity index is 228. The SMILES string of the molecule is CCC(O)ON1C(=O)CC(C)C1=O. The minimum absolute atomic E-state index is 0.162. The van der Waals surface area contributed by atoms with Crippen LogP contribution in [0, 0.1) is 5.92 Å². The molecule has 0 radical (unpaired) electrons. The fourth-order valence-corrected chi connectivity index (χ4v) is 1.06. The van der Waals surface area contributed by atoms with Crippen molar-refractivity contribution in [2.45, 2.75) is 33.0 Å². The van der Waals surface area contributed by atoms with Gasteiger partial charge in [-0.15, -0.1) is 0 Å². The summed E-state index contributed by atoms with van der Waals surface area (Å²) in [4.78, 5) is 27.1. The summed E-state index contributed by atoms with van der Waals surface area (Å²) in [7, 11) is 0. The van der Waals surface area contributed by atoms with Gasteiger partial charge in [0.15, 0.2) is 6.29 Å². The van der Waals surface area contributed by atoms with E-state index in [9.17, 15) is 9.59 Å². The summed E-state index contributed by atoms with van der Waals surface area (Å²) < 4.78 is 0. The van der Waals surface area contributed by atoms with E-state index in [2.05, 4.69) is 0 Å². The molecule has 74 valence electrons. The molecule has 0 aliphatic carbocycles. The number of hydrogen-bond donors (Lipinski definition) is 1. The zero-order valence-electron chi connectivity index (χ0n) is 7.69. The Morgan fingerprint density at radius 3 is 2.69 bits per heavy atom. The van der Waals surface area contributed by atoms with Crippen molar-refractivity contribution in [3.8, 4) is 0 Å². The number of nitrogens with zero attached hydrogens (tertiary/aromatic N) is 1. The molecule has 0 spiro atoms. The number of aliphatic hydroxyl groups is 1. The molecule has 0 bridgehead atoms. The normalized spacial score (nSPS) is 25.5. The van der Waals surface area contributed by atoms with Gasteiger partial charge in [-0.25, -0.2) is 4.84 Å². The predicted molar refractivity (Wildman–Crippen MR) is 43.0 cm³/mol. The molecule has 1 aliphatic heterocycles. The minimum atomic E-state index is -1.09. The van der Waals surface area contributed by atoms with Gasteiger partial charge in [-0.2, -0.15) is 5.06 Å². The number of hydroxylamine groups is 2. The van der Waals surface area contributed by atoms with E-state index < -0.39 is 6.29 Å². The van der Waals surface area contributed by atoms with E-state index in [1.54, 1.807) is 13.8 Å². The van der Waals surface area contributed by atoms with Crippen LogP contribution in [0.1, 0.15) is 26.7 Å². The highest BCUT2D eigenvalue weighted by Gasteiger charge is 2.37. The molecule has 1 aliphatic rings. The molecule has 1 saturated heterocycles. The molecule has 2 amide bonds. The van der Waals surface area contributed by atoms with Crippen LogP contribution in [-0.2, 0) is 14.4 Å². The van der Waals surface area contributed by atoms with Crippen molar-refractivity contribution in [2.75, 3.05) is 0 Å². The van der Waals surface area contributed by atoms with Gasteiger partial charge in [0.2, 0.25) is 0 Å². The maximum Gasteiger partial charge on any atom is 0.256 e. The van der Waals surface area contributed by atoms with Crippen LogP contribution >= 0.6 is 0 Å². The topological polar surface area (TPSA) is 66.8 Å². The quantitative estimate of drug-likeness (QED) is 0.500. The first-order chi connectivity index (χ1) is 6.06. The number of rotatable bonds is 3. The zero-order chi connectivity index (χ0) is 10.0. The van der Waals surface area contributed by atoms with Crippen molar-refractivity contribution in [1.82, 2.24) is 5.06 Å². The molecule has 2 atom stereocenters. The van der Waals surface area contributed by atoms with E-state index in [1.807, 2.05) is 0 Å². The van der Waals surface area contributed by atoms with Crippen LogP contribution in [0.25, 0.3) is 0 Å². The van der Waals surface area contributed by atoms with Gasteiger partial charge < -0.3 is 5.11 Å². The Kier molecular flexibility index (Phi) is 3.00. The average molecular weight is 187 g/mol. The second-order valence-corrected chi connectivity index (χ2v) is 3.10. The molecule has 1 rings (SSSR count). The molecule has 0 aromatic carbocycles. The first kappa shape index (κ1) is 10.1. The summed E-state index contributed by atoms with van der Waals surface area (Å²) in [6.45, 7) is 3.35. The standard InChI is InChI=1S/C8H13NO4/c1-3-7(11)13-9-6(10)4-5(2)8(9)12/h5,7,11H,3-4H2,1-2H3. The Labute approximate surface area is 76.2 Å². The van der Waals surface area contributed by atoms with Gasteiger partial charge >= 0.3 is 0 Å². The lowest BCUT2D eigenvalue weighted by Crippen LogP contribution is -2.34. The van der Waals surface area contributed by atoms with Crippen molar-refractivity contribution >= 4 is 11.8 Å². The minimum Gasteiger partial charge on any atom is -0.366 e. The molecular weight excluding hydrogens is 174 g/mol. The van der Waals surface area contributed by atoms with Gasteiger partial charge in [0.1, 0.15) is 0 Å². The van der Waals surface area contributed by atoms with Gasteiger partial charge in [-0.3, -0.25) is 9.59 Å². The molecular formula is C8H13NO4. The summed E-state index contributed by atoms with van der Waals surface area (Å²) in [6.07, 6.45) is -0.584. The fraction of sp³-hybridized carbons (Fsp3) is 0.750. The highest BCUT2D eigenvalue weighted by atomic mass is 16.8. The van der Waals surface area contributed by atoms with Crippen molar-refractivity contribution in [3.05, 3.63) is 0 Å². The molecule has 1 fully saturated rings. The van der Waals surface area contributed by atoms with Crippen molar-refractivity contribution in [3.63, 3.8) is 0 Å². The van der Waals surface area contributed by atoms with E-state index in [1.165, 1.54) is 0 Å². The van der Waals surface area contributed by atoms with Crippen LogP contribution in [0.3, 0.4) is 0 Å². The number of amides is 2. The first-order valence-corrected chi connectivity index (χ1v) is 4.28. The van der Waals surface area contributed by atoms with Crippen LogP contribution in [0.2, 0.25) is 0 Å². The molecule has 0 aromatic rings. The number of carbonyl (C=O) groups excluding carboxylic acids is 2. The third-order valence-electron chi connectivity index (χ3n) is 1.91. The van der Waals surface area contributed by atoms with Gasteiger partial charge in [0.25, 0.3) is 11.8 Å². The maximum atomic E-state index is 11.2. The van der Waals surface area contributed by atoms with Crippen LogP contribution in [0.4, 0.5) is 0 Å². The average Bonchev–Trinajstić information content (AvgIpc) is 2.32. The van der Waals surface area contributed by atoms with Crippen LogP contribution in [0.15, 0.2) is 0 Å². The molecule has 1 heterocycles. The van der Waals surface area contributed by atoms with E-state index in [0.717, 1.165) is 0 Å². The second-order valence-electron chi connectivity index (χ2n) is 3.10. The number of hydrogen-bond acceptors (Lipinski definition) is 4. The van der Waals surface area contributed by atoms with Gasteiger partial charge in [0.05, 0.1) is 0 Å². The Hall–Kier alpha value is -0.940. The Morgan fingerprint density at radius 1 is 1.69 bits per heavy atom. The predicted octanol–water partition coefficient (Wildman–Crippen LogP) is 0.0414. The Balaban J connectivity index is 2.59. The fourth-order valence-electron chi connectivity index (χ4n) is 1.06. The van der Waals surface area contributed by atoms with E-state index in [-0.39, 0.29) is 24.2 Å². The zero-order valence-corrected chi connectivity index (χ0v) is 7.69. The van der Waals surface area contributed by atoms with E-state index >= 15 is 0 Å². The van der Waals surface area contributed by atoms with E-state index in [0.29, 0.717) is 11.5 Å². The smallest absolute Gasteiger partial charge is 0.256 e. The second kappa shape index (κ2) is 3.85. The third kappa shape index (κ3) is 2.05. The molecule has 5 heteroatoms. The van der Waals surface area contributed by atoms with E-state index in [4.69, 9.17) is 9.94 Å². The van der Waals surface area contributed by atoms with Gasteiger partial charge in [-0.05, 0) is 6.42 Å². The summed E-state index contributed by atoms with van der Waals surface area (Å²) in [5, 5.41) is 9.74. The van der Waals surface area contributed by atoms with Crippen LogP contribution < -0.4 is 0 Å². The number of aliphatic hydroxyl groups excluding tert-OH is 1. The summed E-state index contributed by atoms with van der Waals surface area (Å²) in [5.41, 5.74) is 0. The lowest BCUT2D eigenvalue weighted by molar-refractivity contribution is -0.245. The first-order valence-electron chi connectivity index (χ1n) is 4.28. The highest BCUT2D eigenvalue weighted by molar-refractivity contribution is 6.02. The largest absolute Gasteiger partial charge is 0.366 e. The van der Waals surface area contributed by atoms with Crippen molar-refractivity contribution in [2.24, 2.45) is 5.92 Å². The third-order valence-corrected chi connectivity index (χ3v) is 1.91. The summed E-state index contributed by atoms with van der Waals surface area (Å²) >= 11 is 0. The lowest BCUT2D eigenvalue weighted by Gasteiger charge is -2.16. The monoisotopic (exact) mass is 187 g/mol. The molecule has 13 heavy (non-hydrogen) atoms. The molecule has 5 nitrogen and oxygen atoms in total. The number of carbonyl (C=O) groups is 2. The summed E-state index contributed by atoms with van der Waals surface area (Å²) in [5.74, 6) is -1.10. The maximum absolute atomic E-state index is 11.2. The Morgan fingerprint density at radius 2 is 2.31 bits per heavy atom. The van der Waals surface area contributed by atoms with Crippen LogP contribution in [-0.4, -0.2) is 28.3 Å². The molecule has 0 saturated carbocycles. The van der Waals surface area contributed by atoms with Gasteiger partial charge in [0, 0.05) is 12.3 Å². The molecule has 0 aromatic heterocycles. The van der Waals surface area contributed by atoms with Crippen molar-refractivity contribution < 1.29 is 19.5 Å². The molecule has 1 N–H and O–H groups in total. The van der Waals surface area contributed by atoms with Gasteiger partial charge in [-0.1, -0.05) is 13.8 Å². The lowest BCUT2D eigenvalue weighted by atomic mass is 10.1. The van der Waals surface area contributed by atoms with Crippen molar-refractivity contribution in [1.29, 1.82) is 0 Å². The van der Waals surface area contributed by atoms with Crippen LogP contribution in [0.5, 0.6) is 0 Å².